The number of rotatable bonds is 1. The summed E-state index contributed by atoms with van der Waals surface area (Å²) in [5.41, 5.74) is 1.36. The van der Waals surface area contributed by atoms with Crippen LogP contribution in [-0.4, -0.2) is 27.0 Å². The standard InChI is InChI=1S/C12H15F2N3OS/c13-12(14)3-1-7(2-4-12)17-9-5-10(19)16-11(18)8(9)6-15-17/h6-7,10,19H,1-5H2,(H,16,18). The second kappa shape index (κ2) is 4.47. The van der Waals surface area contributed by atoms with Crippen molar-refractivity contribution >= 4 is 18.5 Å². The fourth-order valence-electron chi connectivity index (χ4n) is 2.83. The van der Waals surface area contributed by atoms with Crippen LogP contribution in [0.3, 0.4) is 0 Å². The topological polar surface area (TPSA) is 46.9 Å². The summed E-state index contributed by atoms with van der Waals surface area (Å²) in [5.74, 6) is -2.73. The number of aromatic nitrogens is 2. The van der Waals surface area contributed by atoms with Gasteiger partial charge < -0.3 is 5.32 Å². The predicted octanol–water partition coefficient (Wildman–Crippen LogP) is 2.18. The van der Waals surface area contributed by atoms with Crippen molar-refractivity contribution in [2.24, 2.45) is 0 Å². The molecule has 1 aromatic heterocycles. The number of amides is 1. The van der Waals surface area contributed by atoms with Gasteiger partial charge in [0, 0.05) is 19.3 Å². The van der Waals surface area contributed by atoms with E-state index in [1.807, 2.05) is 0 Å². The van der Waals surface area contributed by atoms with Gasteiger partial charge in [0.2, 0.25) is 5.92 Å². The molecule has 4 nitrogen and oxygen atoms in total. The number of alkyl halides is 2. The summed E-state index contributed by atoms with van der Waals surface area (Å²) >= 11 is 4.27. The lowest BCUT2D eigenvalue weighted by Crippen LogP contribution is -2.39. The number of carbonyl (C=O) groups is 1. The molecule has 2 heterocycles. The summed E-state index contributed by atoms with van der Waals surface area (Å²) in [4.78, 5) is 11.8. The molecule has 1 amide bonds. The van der Waals surface area contributed by atoms with Crippen LogP contribution in [0, 0.1) is 0 Å². The Bertz CT molecular complexity index is 507. The molecule has 104 valence electrons. The van der Waals surface area contributed by atoms with Crippen molar-refractivity contribution in [1.82, 2.24) is 15.1 Å². The van der Waals surface area contributed by atoms with E-state index in [1.165, 1.54) is 6.20 Å². The molecule has 7 heteroatoms. The van der Waals surface area contributed by atoms with Gasteiger partial charge in [-0.3, -0.25) is 9.48 Å². The maximum Gasteiger partial charge on any atom is 0.255 e. The minimum Gasteiger partial charge on any atom is -0.340 e. The first-order chi connectivity index (χ1) is 8.96. The minimum absolute atomic E-state index is 0.0326. The first kappa shape index (κ1) is 12.9. The van der Waals surface area contributed by atoms with E-state index in [0.717, 1.165) is 5.69 Å². The lowest BCUT2D eigenvalue weighted by molar-refractivity contribution is -0.0452. The van der Waals surface area contributed by atoms with Crippen LogP contribution in [-0.2, 0) is 6.42 Å². The third-order valence-corrected chi connectivity index (χ3v) is 4.17. The molecule has 1 unspecified atom stereocenters. The third-order valence-electron chi connectivity index (χ3n) is 3.86. The van der Waals surface area contributed by atoms with Gasteiger partial charge in [0.1, 0.15) is 0 Å². The Kier molecular flexibility index (Phi) is 3.03. The number of halogens is 2. The second-order valence-electron chi connectivity index (χ2n) is 5.23. The van der Waals surface area contributed by atoms with Crippen molar-refractivity contribution in [1.29, 1.82) is 0 Å². The maximum absolute atomic E-state index is 13.2. The summed E-state index contributed by atoms with van der Waals surface area (Å²) in [6.45, 7) is 0. The van der Waals surface area contributed by atoms with Crippen LogP contribution in [0.4, 0.5) is 8.78 Å². The molecule has 0 spiro atoms. The first-order valence-corrected chi connectivity index (χ1v) is 6.91. The molecular weight excluding hydrogens is 272 g/mol. The lowest BCUT2D eigenvalue weighted by Gasteiger charge is -2.30. The molecule has 2 aliphatic rings. The van der Waals surface area contributed by atoms with Gasteiger partial charge in [-0.1, -0.05) is 0 Å². The fourth-order valence-corrected chi connectivity index (χ4v) is 3.12. The molecule has 1 atom stereocenters. The van der Waals surface area contributed by atoms with E-state index in [0.29, 0.717) is 24.8 Å². The van der Waals surface area contributed by atoms with Crippen molar-refractivity contribution in [2.75, 3.05) is 0 Å². The van der Waals surface area contributed by atoms with E-state index in [4.69, 9.17) is 0 Å². The maximum atomic E-state index is 13.2. The summed E-state index contributed by atoms with van der Waals surface area (Å²) in [6, 6.07) is -0.0326. The highest BCUT2D eigenvalue weighted by Gasteiger charge is 2.37. The Balaban J connectivity index is 1.85. The van der Waals surface area contributed by atoms with E-state index in [2.05, 4.69) is 23.0 Å². The Morgan fingerprint density at radius 2 is 2.11 bits per heavy atom. The van der Waals surface area contributed by atoms with Gasteiger partial charge in [-0.15, -0.1) is 0 Å². The molecule has 1 N–H and O–H groups in total. The van der Waals surface area contributed by atoms with Crippen molar-refractivity contribution in [3.63, 3.8) is 0 Å². The highest BCUT2D eigenvalue weighted by atomic mass is 32.1. The van der Waals surface area contributed by atoms with Crippen LogP contribution in [0.2, 0.25) is 0 Å². The SMILES string of the molecule is O=C1NC(S)Cc2c1cnn2C1CCC(F)(F)CC1. The smallest absolute Gasteiger partial charge is 0.255 e. The van der Waals surface area contributed by atoms with E-state index < -0.39 is 5.92 Å². The Morgan fingerprint density at radius 3 is 2.79 bits per heavy atom. The van der Waals surface area contributed by atoms with Gasteiger partial charge in [-0.2, -0.15) is 17.7 Å². The summed E-state index contributed by atoms with van der Waals surface area (Å²) < 4.78 is 28.1. The van der Waals surface area contributed by atoms with Gasteiger partial charge in [-0.25, -0.2) is 8.78 Å². The minimum atomic E-state index is -2.55. The second-order valence-corrected chi connectivity index (χ2v) is 5.85. The molecule has 3 rings (SSSR count). The van der Waals surface area contributed by atoms with Crippen molar-refractivity contribution < 1.29 is 13.6 Å². The number of thiol groups is 1. The number of hydrogen-bond donors (Lipinski definition) is 2. The van der Waals surface area contributed by atoms with Crippen molar-refractivity contribution in [3.05, 3.63) is 17.5 Å². The summed E-state index contributed by atoms with van der Waals surface area (Å²) in [5, 5.41) is 6.71. The van der Waals surface area contributed by atoms with Gasteiger partial charge in [0.15, 0.2) is 0 Å². The molecule has 0 radical (unpaired) electrons. The normalized spacial score (nSPS) is 26.9. The quantitative estimate of drug-likeness (QED) is 0.778. The van der Waals surface area contributed by atoms with Crippen molar-refractivity contribution in [3.8, 4) is 0 Å². The average Bonchev–Trinajstić information content (AvgIpc) is 2.73. The third kappa shape index (κ3) is 2.35. The van der Waals surface area contributed by atoms with Gasteiger partial charge >= 0.3 is 0 Å². The van der Waals surface area contributed by atoms with Gasteiger partial charge in [0.05, 0.1) is 28.9 Å². The lowest BCUT2D eigenvalue weighted by atomic mass is 9.92. The van der Waals surface area contributed by atoms with E-state index in [-0.39, 0.29) is 30.2 Å². The van der Waals surface area contributed by atoms with Gasteiger partial charge in [0.25, 0.3) is 5.91 Å². The van der Waals surface area contributed by atoms with Gasteiger partial charge in [-0.05, 0) is 12.8 Å². The van der Waals surface area contributed by atoms with Crippen LogP contribution < -0.4 is 5.32 Å². The number of hydrogen-bond acceptors (Lipinski definition) is 3. The van der Waals surface area contributed by atoms with Crippen LogP contribution in [0.15, 0.2) is 6.20 Å². The molecule has 0 saturated heterocycles. The fraction of sp³-hybridized carbons (Fsp3) is 0.667. The number of carbonyl (C=O) groups excluding carboxylic acids is 1. The monoisotopic (exact) mass is 287 g/mol. The zero-order valence-corrected chi connectivity index (χ0v) is 11.2. The van der Waals surface area contributed by atoms with Crippen LogP contribution in [0.1, 0.15) is 47.8 Å². The number of fused-ring (bicyclic) bond motifs is 1. The molecule has 0 bridgehead atoms. The highest BCUT2D eigenvalue weighted by molar-refractivity contribution is 7.80. The van der Waals surface area contributed by atoms with E-state index >= 15 is 0 Å². The molecule has 1 aliphatic carbocycles. The zero-order chi connectivity index (χ0) is 13.6. The van der Waals surface area contributed by atoms with Crippen molar-refractivity contribution in [2.45, 2.75) is 49.4 Å². The summed E-state index contributed by atoms with van der Waals surface area (Å²) in [6.07, 6.45) is 2.69. The van der Waals surface area contributed by atoms with Crippen LogP contribution in [0.25, 0.3) is 0 Å². The Hall–Kier alpha value is -1.11. The highest BCUT2D eigenvalue weighted by Crippen LogP contribution is 2.39. The average molecular weight is 287 g/mol. The van der Waals surface area contributed by atoms with Crippen LogP contribution in [0.5, 0.6) is 0 Å². The zero-order valence-electron chi connectivity index (χ0n) is 10.3. The largest absolute Gasteiger partial charge is 0.340 e. The molecule has 1 fully saturated rings. The van der Waals surface area contributed by atoms with E-state index in [9.17, 15) is 13.6 Å². The molecular formula is C12H15F2N3OS. The molecule has 1 aliphatic heterocycles. The number of nitrogens with one attached hydrogen (secondary N) is 1. The number of nitrogens with zero attached hydrogens (tertiary/aromatic N) is 2. The van der Waals surface area contributed by atoms with E-state index in [1.54, 1.807) is 4.68 Å². The summed E-state index contributed by atoms with van der Waals surface area (Å²) in [7, 11) is 0. The molecule has 19 heavy (non-hydrogen) atoms. The Morgan fingerprint density at radius 1 is 1.42 bits per heavy atom. The molecule has 1 saturated carbocycles. The van der Waals surface area contributed by atoms with Crippen LogP contribution >= 0.6 is 12.6 Å². The molecule has 1 aromatic rings. The molecule has 0 aromatic carbocycles. The first-order valence-electron chi connectivity index (χ1n) is 6.39. The Labute approximate surface area is 115 Å². The predicted molar refractivity (Wildman–Crippen MR) is 68.6 cm³/mol.